The molecular formula is C10H8ClF2NO2. The second kappa shape index (κ2) is 4.25. The van der Waals surface area contributed by atoms with Gasteiger partial charge < -0.3 is 10.1 Å². The molecule has 1 aliphatic heterocycles. The molecule has 0 spiro atoms. The fourth-order valence-corrected chi connectivity index (χ4v) is 1.89. The number of hydrogen-bond acceptors (Lipinski definition) is 2. The number of cyclic esters (lactones) is 1. The summed E-state index contributed by atoms with van der Waals surface area (Å²) in [6.07, 6.45) is -0.303. The molecule has 0 unspecified atom stereocenters. The molecule has 0 bridgehead atoms. The minimum Gasteiger partial charge on any atom is -0.449 e. The highest BCUT2D eigenvalue weighted by Crippen LogP contribution is 2.31. The van der Waals surface area contributed by atoms with Crippen molar-refractivity contribution < 1.29 is 18.3 Å². The fourth-order valence-electron chi connectivity index (χ4n) is 1.60. The molecule has 2 rings (SSSR count). The first-order valence-electron chi connectivity index (χ1n) is 4.66. The first-order chi connectivity index (χ1) is 7.59. The fraction of sp³-hybridized carbons (Fsp3) is 0.300. The number of rotatable bonds is 1. The largest absolute Gasteiger partial charge is 0.449 e. The maximum Gasteiger partial charge on any atom is 0.407 e. The van der Waals surface area contributed by atoms with Crippen LogP contribution in [0.2, 0.25) is 5.02 Å². The van der Waals surface area contributed by atoms with Gasteiger partial charge in [0, 0.05) is 12.0 Å². The number of alkyl carbamates (subject to hydrolysis) is 1. The van der Waals surface area contributed by atoms with Crippen molar-refractivity contribution >= 4 is 17.7 Å². The summed E-state index contributed by atoms with van der Waals surface area (Å²) in [6, 6.07) is 1.28. The Hall–Kier alpha value is -1.36. The van der Waals surface area contributed by atoms with E-state index in [2.05, 4.69) is 10.1 Å². The Morgan fingerprint density at radius 1 is 1.38 bits per heavy atom. The molecule has 1 heterocycles. The number of benzene rings is 1. The summed E-state index contributed by atoms with van der Waals surface area (Å²) in [5.74, 6) is -1.35. The van der Waals surface area contributed by atoms with Gasteiger partial charge in [-0.15, -0.1) is 0 Å². The molecule has 0 aliphatic carbocycles. The molecule has 0 saturated carbocycles. The van der Waals surface area contributed by atoms with Gasteiger partial charge in [-0.05, 0) is 12.1 Å². The van der Waals surface area contributed by atoms with E-state index in [1.807, 2.05) is 0 Å². The predicted molar refractivity (Wildman–Crippen MR) is 53.2 cm³/mol. The number of amides is 1. The zero-order valence-corrected chi connectivity index (χ0v) is 8.85. The van der Waals surface area contributed by atoms with Gasteiger partial charge in [-0.2, -0.15) is 0 Å². The van der Waals surface area contributed by atoms with Crippen LogP contribution in [0.5, 0.6) is 0 Å². The predicted octanol–water partition coefficient (Wildman–Crippen LogP) is 2.79. The van der Waals surface area contributed by atoms with Crippen molar-refractivity contribution in [1.29, 1.82) is 0 Å². The highest BCUT2D eigenvalue weighted by Gasteiger charge is 2.26. The molecule has 0 aromatic heterocycles. The second-order valence-corrected chi connectivity index (χ2v) is 3.76. The number of nitrogens with one attached hydrogen (secondary N) is 1. The molecule has 86 valence electrons. The van der Waals surface area contributed by atoms with E-state index < -0.39 is 23.8 Å². The first kappa shape index (κ1) is 11.1. The molecule has 1 aromatic carbocycles. The van der Waals surface area contributed by atoms with Crippen molar-refractivity contribution in [1.82, 2.24) is 5.32 Å². The van der Waals surface area contributed by atoms with Gasteiger partial charge in [0.15, 0.2) is 0 Å². The molecule has 1 N–H and O–H groups in total. The third kappa shape index (κ3) is 1.95. The zero-order valence-electron chi connectivity index (χ0n) is 8.10. The van der Waals surface area contributed by atoms with Crippen molar-refractivity contribution in [3.05, 3.63) is 34.4 Å². The number of carbonyl (C=O) groups excluding carboxylic acids is 1. The summed E-state index contributed by atoms with van der Waals surface area (Å²) in [7, 11) is 0. The molecule has 1 aliphatic rings. The van der Waals surface area contributed by atoms with Crippen LogP contribution in [-0.2, 0) is 4.74 Å². The van der Waals surface area contributed by atoms with E-state index in [1.165, 1.54) is 0 Å². The summed E-state index contributed by atoms with van der Waals surface area (Å²) in [5.41, 5.74) is -0.0293. The number of halogens is 3. The maximum atomic E-state index is 13.5. The summed E-state index contributed by atoms with van der Waals surface area (Å²) in [5, 5.41) is 2.09. The van der Waals surface area contributed by atoms with Crippen molar-refractivity contribution in [3.63, 3.8) is 0 Å². The zero-order chi connectivity index (χ0) is 11.7. The van der Waals surface area contributed by atoms with Gasteiger partial charge in [-0.1, -0.05) is 11.6 Å². The van der Waals surface area contributed by atoms with E-state index in [0.717, 1.165) is 12.1 Å². The summed E-state index contributed by atoms with van der Waals surface area (Å²) < 4.78 is 31.3. The molecule has 1 atom stereocenters. The van der Waals surface area contributed by atoms with E-state index in [0.29, 0.717) is 6.42 Å². The highest BCUT2D eigenvalue weighted by atomic mass is 35.5. The van der Waals surface area contributed by atoms with Gasteiger partial charge in [0.1, 0.15) is 11.6 Å². The second-order valence-electron chi connectivity index (χ2n) is 3.38. The first-order valence-corrected chi connectivity index (χ1v) is 5.04. The molecule has 0 radical (unpaired) electrons. The summed E-state index contributed by atoms with van der Waals surface area (Å²) in [6.45, 7) is 0.156. The lowest BCUT2D eigenvalue weighted by molar-refractivity contribution is 0.115. The van der Waals surface area contributed by atoms with Crippen LogP contribution in [0.1, 0.15) is 18.0 Å². The Labute approximate surface area is 95.3 Å². The Bertz CT molecular complexity index is 439. The monoisotopic (exact) mass is 247 g/mol. The van der Waals surface area contributed by atoms with E-state index in [1.54, 1.807) is 0 Å². The number of carbonyl (C=O) groups is 1. The SMILES string of the molecule is O=C1N[C@@H](c2c(F)ccc(F)c2Cl)CCO1. The normalized spacial score (nSPS) is 20.2. The quantitative estimate of drug-likeness (QED) is 0.775. The minimum atomic E-state index is -0.709. The standard InChI is InChI=1S/C10H8ClF2NO2/c11-9-6(13)2-1-5(12)8(9)7-3-4-16-10(15)14-7/h1-2,7H,3-4H2,(H,14,15)/t7-/m1/s1. The lowest BCUT2D eigenvalue weighted by atomic mass is 10.0. The lowest BCUT2D eigenvalue weighted by Gasteiger charge is -2.24. The third-order valence-electron chi connectivity index (χ3n) is 2.36. The number of ether oxygens (including phenoxy) is 1. The summed E-state index contributed by atoms with van der Waals surface area (Å²) >= 11 is 5.67. The molecule has 16 heavy (non-hydrogen) atoms. The average molecular weight is 248 g/mol. The molecule has 1 fully saturated rings. The molecular weight excluding hydrogens is 240 g/mol. The topological polar surface area (TPSA) is 38.3 Å². The van der Waals surface area contributed by atoms with Crippen molar-refractivity contribution in [2.45, 2.75) is 12.5 Å². The van der Waals surface area contributed by atoms with Crippen LogP contribution in [0, 0.1) is 11.6 Å². The summed E-state index contributed by atoms with van der Waals surface area (Å²) in [4.78, 5) is 11.0. The molecule has 6 heteroatoms. The van der Waals surface area contributed by atoms with Crippen LogP contribution in [0.25, 0.3) is 0 Å². The van der Waals surface area contributed by atoms with E-state index in [-0.39, 0.29) is 17.2 Å². The Balaban J connectivity index is 2.39. The van der Waals surface area contributed by atoms with Crippen LogP contribution in [0.4, 0.5) is 13.6 Å². The van der Waals surface area contributed by atoms with Crippen LogP contribution in [-0.4, -0.2) is 12.7 Å². The molecule has 1 aromatic rings. The molecule has 1 amide bonds. The smallest absolute Gasteiger partial charge is 0.407 e. The molecule has 1 saturated heterocycles. The van der Waals surface area contributed by atoms with Crippen LogP contribution >= 0.6 is 11.6 Å². The van der Waals surface area contributed by atoms with Gasteiger partial charge >= 0.3 is 6.09 Å². The van der Waals surface area contributed by atoms with E-state index >= 15 is 0 Å². The van der Waals surface area contributed by atoms with Crippen LogP contribution in [0.3, 0.4) is 0 Å². The van der Waals surface area contributed by atoms with E-state index in [4.69, 9.17) is 11.6 Å². The maximum absolute atomic E-state index is 13.5. The van der Waals surface area contributed by atoms with Gasteiger partial charge in [0.2, 0.25) is 0 Å². The van der Waals surface area contributed by atoms with Gasteiger partial charge in [-0.25, -0.2) is 13.6 Å². The van der Waals surface area contributed by atoms with Gasteiger partial charge in [0.25, 0.3) is 0 Å². The average Bonchev–Trinajstić information content (AvgIpc) is 2.24. The third-order valence-corrected chi connectivity index (χ3v) is 2.74. The van der Waals surface area contributed by atoms with Crippen molar-refractivity contribution in [2.24, 2.45) is 0 Å². The lowest BCUT2D eigenvalue weighted by Crippen LogP contribution is -2.36. The Kier molecular flexibility index (Phi) is 2.96. The molecule has 3 nitrogen and oxygen atoms in total. The van der Waals surface area contributed by atoms with Crippen LogP contribution < -0.4 is 5.32 Å². The minimum absolute atomic E-state index is 0.0293. The Morgan fingerprint density at radius 3 is 2.75 bits per heavy atom. The van der Waals surface area contributed by atoms with Gasteiger partial charge in [-0.3, -0.25) is 0 Å². The Morgan fingerprint density at radius 2 is 2.06 bits per heavy atom. The number of hydrogen-bond donors (Lipinski definition) is 1. The highest BCUT2D eigenvalue weighted by molar-refractivity contribution is 6.31. The van der Waals surface area contributed by atoms with Gasteiger partial charge in [0.05, 0.1) is 17.7 Å². The van der Waals surface area contributed by atoms with Crippen LogP contribution in [0.15, 0.2) is 12.1 Å². The van der Waals surface area contributed by atoms with Crippen molar-refractivity contribution in [3.8, 4) is 0 Å². The van der Waals surface area contributed by atoms with Crippen molar-refractivity contribution in [2.75, 3.05) is 6.61 Å². The van der Waals surface area contributed by atoms with E-state index in [9.17, 15) is 13.6 Å².